The minimum Gasteiger partial charge on any atom is -0.375 e. The first-order valence-electron chi connectivity index (χ1n) is 43.2. The van der Waals surface area contributed by atoms with Crippen LogP contribution in [0.15, 0.2) is 213 Å². The summed E-state index contributed by atoms with van der Waals surface area (Å²) in [5, 5.41) is 6.64. The summed E-state index contributed by atoms with van der Waals surface area (Å²) in [6.07, 6.45) is 4.43. The molecule has 4 amide bonds. The third-order valence-corrected chi connectivity index (χ3v) is 31.8. The van der Waals surface area contributed by atoms with Crippen LogP contribution in [-0.4, -0.2) is 132 Å². The smallest absolute Gasteiger partial charge is 0.375 e. The second-order valence-corrected chi connectivity index (χ2v) is 41.1. The van der Waals surface area contributed by atoms with Gasteiger partial charge in [-0.05, 0) is 237 Å². The number of rotatable bonds is 26. The maximum Gasteiger partial charge on any atom is 0.405 e. The molecule has 0 radical (unpaired) electrons. The number of aromatic nitrogens is 5. The second-order valence-electron chi connectivity index (χ2n) is 33.3. The van der Waals surface area contributed by atoms with E-state index in [1.807, 2.05) is 189 Å². The van der Waals surface area contributed by atoms with Gasteiger partial charge >= 0.3 is 6.18 Å². The molecule has 5 aromatic carbocycles. The molecule has 5 aromatic heterocycles. The molecular weight excluding hydrogens is 1870 g/mol. The molecule has 0 aliphatic carbocycles. The number of alkyl halides is 3. The Labute approximate surface area is 816 Å². The van der Waals surface area contributed by atoms with Crippen LogP contribution >= 0.6 is 140 Å². The zero-order valence-electron chi connectivity index (χ0n) is 75.3. The molecule has 1 N–H and O–H groups in total. The van der Waals surface area contributed by atoms with Gasteiger partial charge in [0.2, 0.25) is 0 Å². The van der Waals surface area contributed by atoms with Crippen LogP contribution in [0, 0.1) is 37.5 Å². The van der Waals surface area contributed by atoms with E-state index >= 15 is 0 Å². The van der Waals surface area contributed by atoms with Crippen LogP contribution in [0.3, 0.4) is 0 Å². The lowest BCUT2D eigenvalue weighted by Gasteiger charge is -2.37. The van der Waals surface area contributed by atoms with Crippen LogP contribution in [0.1, 0.15) is 213 Å². The van der Waals surface area contributed by atoms with Gasteiger partial charge in [-0.1, -0.05) is 208 Å². The van der Waals surface area contributed by atoms with Gasteiger partial charge in [0.15, 0.2) is 0 Å². The van der Waals surface area contributed by atoms with Gasteiger partial charge in [0, 0.05) is 104 Å². The van der Waals surface area contributed by atoms with Crippen molar-refractivity contribution >= 4 is 169 Å². The Bertz CT molecular complexity index is 5460. The Morgan fingerprint density at radius 3 is 1.21 bits per heavy atom. The number of hydrogen-bond acceptors (Lipinski definition) is 15. The maximum atomic E-state index is 13.3. The molecule has 3 aliphatic heterocycles. The van der Waals surface area contributed by atoms with E-state index < -0.39 is 12.7 Å². The molecule has 0 bridgehead atoms. The van der Waals surface area contributed by atoms with Crippen LogP contribution in [0.25, 0.3) is 5.70 Å². The molecule has 3 aliphatic rings. The van der Waals surface area contributed by atoms with Gasteiger partial charge in [0.05, 0.1) is 75.0 Å². The third kappa shape index (κ3) is 31.8. The van der Waals surface area contributed by atoms with E-state index in [0.29, 0.717) is 102 Å². The molecular formula is C100H114Cl7F3N10O4S5. The van der Waals surface area contributed by atoms with Crippen LogP contribution in [-0.2, 0) is 28.8 Å². The first kappa shape index (κ1) is 106. The molecule has 10 aromatic rings. The van der Waals surface area contributed by atoms with Crippen LogP contribution in [0.4, 0.5) is 13.2 Å². The highest BCUT2D eigenvalue weighted by Crippen LogP contribution is 2.44. The summed E-state index contributed by atoms with van der Waals surface area (Å²) in [5.41, 5.74) is 10.4. The van der Waals surface area contributed by atoms with E-state index in [1.165, 1.54) is 18.2 Å². The maximum absolute atomic E-state index is 13.3. The number of likely N-dealkylation sites (tertiary alicyclic amines) is 3. The number of nitrogens with one attached hydrogen (secondary N) is 1. The number of hydrogen-bond donors (Lipinski definition) is 1. The van der Waals surface area contributed by atoms with Crippen molar-refractivity contribution in [3.63, 3.8) is 0 Å². The van der Waals surface area contributed by atoms with Gasteiger partial charge in [0.25, 0.3) is 23.6 Å². The van der Waals surface area contributed by atoms with Crippen LogP contribution < -0.4 is 5.32 Å². The third-order valence-electron chi connectivity index (χ3n) is 22.6. The molecule has 29 heteroatoms. The summed E-state index contributed by atoms with van der Waals surface area (Å²) in [6, 6.07) is 57.7. The molecule has 0 spiro atoms. The van der Waals surface area contributed by atoms with E-state index in [2.05, 4.69) is 92.2 Å². The van der Waals surface area contributed by atoms with Crippen molar-refractivity contribution in [1.82, 2.24) is 49.8 Å². The number of aryl methyl sites for hydroxylation is 3. The summed E-state index contributed by atoms with van der Waals surface area (Å²) >= 11 is 51.5. The quantitative estimate of drug-likeness (QED) is 0.0510. The number of benzene rings is 5. The Morgan fingerprint density at radius 1 is 0.465 bits per heavy atom. The molecule has 14 nitrogen and oxygen atoms in total. The van der Waals surface area contributed by atoms with E-state index in [0.717, 1.165) is 144 Å². The number of carbonyl (C=O) groups excluding carboxylic acids is 4. The molecule has 13 rings (SSSR count). The topological polar surface area (TPSA) is 158 Å². The second kappa shape index (κ2) is 50.8. The lowest BCUT2D eigenvalue weighted by Crippen LogP contribution is -2.45. The monoisotopic (exact) mass is 1980 g/mol. The predicted octanol–water partition coefficient (Wildman–Crippen LogP) is 29.3. The minimum atomic E-state index is -4.31. The van der Waals surface area contributed by atoms with Crippen molar-refractivity contribution in [3.05, 3.63) is 297 Å². The van der Waals surface area contributed by atoms with Crippen molar-refractivity contribution in [2.24, 2.45) is 16.7 Å². The van der Waals surface area contributed by atoms with Gasteiger partial charge in [-0.25, -0.2) is 19.9 Å². The summed E-state index contributed by atoms with van der Waals surface area (Å²) in [7, 11) is 0. The largest absolute Gasteiger partial charge is 0.405 e. The fraction of sp³-hybridized carbons (Fsp3) is 0.390. The normalized spacial score (nSPS) is 17.0. The highest BCUT2D eigenvalue weighted by atomic mass is 35.5. The Balaban J connectivity index is 0.000000182. The molecule has 3 fully saturated rings. The molecule has 4 unspecified atom stereocenters. The molecule has 688 valence electrons. The Morgan fingerprint density at radius 2 is 0.814 bits per heavy atom. The summed E-state index contributed by atoms with van der Waals surface area (Å²) in [5.74, 6) is 3.90. The lowest BCUT2D eigenvalue weighted by molar-refractivity contribution is -0.122. The summed E-state index contributed by atoms with van der Waals surface area (Å²) < 4.78 is 36.7. The first-order chi connectivity index (χ1) is 61.4. The molecule has 3 saturated heterocycles. The SMILES string of the molecule is C=C(NCC(F)(F)F)c1cccc(CSc2cccc(Cl)c2Cl)n1.CCC1CCC(C)N(C(=O)c2cccc(CSc3cccc(C)c3Cl)n2)C1.CCN(CC)C(=O)c1cccc(CSc2cccc(C)c2Cl)n1.CC[C@@]1(C)CN(C(=O)c2cccc(CSc3cccc(Cl)c3Cl)n2)CCC(C)(C)C1.Cc1cccc(SCc2cccc(C(=O)N3C(C)CCC3C)n2)c1Cl. The highest BCUT2D eigenvalue weighted by Gasteiger charge is 2.39. The van der Waals surface area contributed by atoms with Crippen LogP contribution in [0.2, 0.25) is 35.2 Å². The fourth-order valence-corrected chi connectivity index (χ4v) is 21.5. The Hall–Kier alpha value is -7.16. The fourth-order valence-electron chi connectivity index (χ4n) is 15.1. The van der Waals surface area contributed by atoms with E-state index in [1.54, 1.807) is 94.4 Å². The molecule has 5 atom stereocenters. The number of halogens is 10. The highest BCUT2D eigenvalue weighted by molar-refractivity contribution is 7.99. The molecule has 129 heavy (non-hydrogen) atoms. The zero-order valence-corrected chi connectivity index (χ0v) is 84.6. The Kier molecular flexibility index (Phi) is 41.6. The predicted molar refractivity (Wildman–Crippen MR) is 536 cm³/mol. The summed E-state index contributed by atoms with van der Waals surface area (Å²) in [6.45, 7) is 33.9. The molecule has 0 saturated carbocycles. The minimum absolute atomic E-state index is 0.0181. The molecule has 8 heterocycles. The average molecular weight is 1990 g/mol. The van der Waals surface area contributed by atoms with Crippen molar-refractivity contribution in [2.45, 2.75) is 219 Å². The van der Waals surface area contributed by atoms with Gasteiger partial charge in [-0.15, -0.1) is 58.8 Å². The van der Waals surface area contributed by atoms with Gasteiger partial charge in [-0.2, -0.15) is 13.2 Å². The van der Waals surface area contributed by atoms with Crippen molar-refractivity contribution in [1.29, 1.82) is 0 Å². The number of nitrogens with zero attached hydrogens (tertiary/aromatic N) is 9. The lowest BCUT2D eigenvalue weighted by atomic mass is 9.72. The standard InChI is InChI=1S/C24H30Cl2N2OS.C22H27ClN2OS.C20H23ClN2OS.C18H21ClN2OS.C16H13Cl2F3N2S/c1-5-24(4)15-23(2,3)12-13-28(16-24)22(29)19-10-6-8-17(27-19)14-30-20-11-7-9-18(25)21(20)26;1-4-17-12-11-16(3)25(13-17)22(26)19-9-6-8-18(24-19)14-27-20-10-5-7-15(2)21(20)23;1-13-6-4-9-18(19(13)21)25-12-16-7-5-8-17(22-16)20(24)23-14(2)10-11-15(23)3;1-4-21(5-2)18(22)15-10-7-9-14(20-15)12-23-16-11-6-8-13(3)17(16)19;1-10(22-9-16(19,20)21)13-6-2-4-11(23-13)8-24-14-7-3-5-12(17)15(14)18/h6-11H,5,12-16H2,1-4H3;5-10,16-17H,4,11-14H2,1-3H3;4-9,14-15H,10-12H2,1-3H3;6-11H,4-5,12H2,1-3H3;2-7,22H,1,8-9H2/t24-;;;;/m1..../s1. The number of thioether (sulfide) groups is 5. The van der Waals surface area contributed by atoms with Gasteiger partial charge < -0.3 is 24.9 Å². The van der Waals surface area contributed by atoms with Gasteiger partial charge in [0.1, 0.15) is 29.3 Å². The first-order valence-corrected chi connectivity index (χ1v) is 50.8. The number of piperidine rings is 1. The van der Waals surface area contributed by atoms with Gasteiger partial charge in [-0.3, -0.25) is 24.2 Å². The number of pyridine rings is 5. The van der Waals surface area contributed by atoms with Crippen LogP contribution in [0.5, 0.6) is 0 Å². The van der Waals surface area contributed by atoms with E-state index in [9.17, 15) is 32.3 Å². The van der Waals surface area contributed by atoms with Crippen molar-refractivity contribution in [3.8, 4) is 0 Å². The van der Waals surface area contributed by atoms with Crippen molar-refractivity contribution in [2.75, 3.05) is 39.3 Å². The number of amides is 4. The number of carbonyl (C=O) groups is 4. The zero-order chi connectivity index (χ0) is 93.9. The van der Waals surface area contributed by atoms with E-state index in [4.69, 9.17) is 81.2 Å². The average Bonchev–Trinajstić information content (AvgIpc) is 1.58. The summed E-state index contributed by atoms with van der Waals surface area (Å²) in [4.78, 5) is 86.9. The van der Waals surface area contributed by atoms with Crippen molar-refractivity contribution < 1.29 is 32.3 Å². The van der Waals surface area contributed by atoms with E-state index in [-0.39, 0.29) is 58.3 Å².